The molecule has 2 rings (SSSR count). The number of nitrogens with zero attached hydrogens (tertiary/aromatic N) is 2. The van der Waals surface area contributed by atoms with Crippen molar-refractivity contribution in [3.63, 3.8) is 0 Å². The molecule has 0 aliphatic carbocycles. The van der Waals surface area contributed by atoms with Gasteiger partial charge < -0.3 is 9.13 Å². The lowest BCUT2D eigenvalue weighted by atomic mass is 9.96. The highest BCUT2D eigenvalue weighted by Gasteiger charge is 2.53. The molecule has 21 heavy (non-hydrogen) atoms. The van der Waals surface area contributed by atoms with E-state index in [9.17, 15) is 0 Å². The van der Waals surface area contributed by atoms with Crippen molar-refractivity contribution in [2.24, 2.45) is 10.8 Å². The summed E-state index contributed by atoms with van der Waals surface area (Å²) >= 11 is 13.9. The number of hydrogen-bond donors (Lipinski definition) is 0. The van der Waals surface area contributed by atoms with Crippen molar-refractivity contribution >= 4 is 40.5 Å². The fraction of sp³-hybridized carbons (Fsp3) is 0.625. The summed E-state index contributed by atoms with van der Waals surface area (Å²) in [5.41, 5.74) is 2.64. The second-order valence-corrected chi connectivity index (χ2v) is 14.1. The van der Waals surface area contributed by atoms with Gasteiger partial charge in [0.1, 0.15) is 0 Å². The summed E-state index contributed by atoms with van der Waals surface area (Å²) in [4.78, 5) is 0. The van der Waals surface area contributed by atoms with Gasteiger partial charge in [0.05, 0.1) is 11.4 Å². The van der Waals surface area contributed by atoms with Crippen LogP contribution in [-0.2, 0) is 0 Å². The van der Waals surface area contributed by atoms with E-state index in [4.69, 9.17) is 22.2 Å². The van der Waals surface area contributed by atoms with Crippen molar-refractivity contribution in [3.8, 4) is 0 Å². The summed E-state index contributed by atoms with van der Waals surface area (Å²) in [5.74, 6) is 0. The molecular formula is C16H26Cl2N2Si. The van der Waals surface area contributed by atoms with Gasteiger partial charge in [-0.2, -0.15) is 0 Å². The second kappa shape index (κ2) is 5.36. The predicted octanol–water partition coefficient (Wildman–Crippen LogP) is 5.32. The van der Waals surface area contributed by atoms with Crippen LogP contribution in [0, 0.1) is 10.8 Å². The molecular weight excluding hydrogens is 319 g/mol. The van der Waals surface area contributed by atoms with Crippen LogP contribution in [0.25, 0.3) is 0 Å². The molecule has 1 aromatic carbocycles. The number of benzene rings is 1. The first kappa shape index (κ1) is 17.0. The van der Waals surface area contributed by atoms with Gasteiger partial charge in [0.2, 0.25) is 0 Å². The molecule has 0 radical (unpaired) electrons. The minimum Gasteiger partial charge on any atom is -0.355 e. The molecule has 0 saturated carbocycles. The summed E-state index contributed by atoms with van der Waals surface area (Å²) in [5, 5.41) is 0. The molecule has 2 nitrogen and oxygen atoms in total. The summed E-state index contributed by atoms with van der Waals surface area (Å²) in [6.07, 6.45) is 0. The van der Waals surface area contributed by atoms with Crippen LogP contribution in [0.5, 0.6) is 0 Å². The van der Waals surface area contributed by atoms with Gasteiger partial charge in [0.15, 0.2) is 0 Å². The summed E-state index contributed by atoms with van der Waals surface area (Å²) in [6.45, 7) is 15.1. The SMILES string of the molecule is CC(C)(C)CN1c2ccccc2N(CC(C)(C)C)[Si]1(Cl)Cl. The Morgan fingerprint density at radius 3 is 1.43 bits per heavy atom. The Hall–Kier alpha value is -0.383. The van der Waals surface area contributed by atoms with Gasteiger partial charge in [0.25, 0.3) is 0 Å². The monoisotopic (exact) mass is 344 g/mol. The average Bonchev–Trinajstić information content (AvgIpc) is 2.48. The first-order valence-electron chi connectivity index (χ1n) is 7.44. The van der Waals surface area contributed by atoms with Gasteiger partial charge >= 0.3 is 7.02 Å². The van der Waals surface area contributed by atoms with E-state index < -0.39 is 7.02 Å². The number of hydrogen-bond acceptors (Lipinski definition) is 2. The Morgan fingerprint density at radius 2 is 1.14 bits per heavy atom. The van der Waals surface area contributed by atoms with Crippen LogP contribution in [0.2, 0.25) is 0 Å². The summed E-state index contributed by atoms with van der Waals surface area (Å²) < 4.78 is 4.49. The first-order chi connectivity index (χ1) is 9.42. The van der Waals surface area contributed by atoms with E-state index in [0.29, 0.717) is 0 Å². The minimum atomic E-state index is -2.71. The molecule has 0 fully saturated rings. The van der Waals surface area contributed by atoms with E-state index in [0.717, 1.165) is 13.1 Å². The maximum Gasteiger partial charge on any atom is 0.470 e. The van der Waals surface area contributed by atoms with Crippen molar-refractivity contribution in [1.29, 1.82) is 0 Å². The molecule has 0 aromatic heterocycles. The third-order valence-electron chi connectivity index (χ3n) is 3.38. The number of anilines is 2. The molecule has 1 aromatic rings. The molecule has 1 heterocycles. The van der Waals surface area contributed by atoms with Crippen LogP contribution in [-0.4, -0.2) is 20.1 Å². The van der Waals surface area contributed by atoms with Gasteiger partial charge in [-0.3, -0.25) is 0 Å². The third-order valence-corrected chi connectivity index (χ3v) is 7.92. The van der Waals surface area contributed by atoms with E-state index in [1.807, 2.05) is 0 Å². The molecule has 0 spiro atoms. The number of halogens is 2. The van der Waals surface area contributed by atoms with E-state index in [2.05, 4.69) is 74.9 Å². The number of rotatable bonds is 2. The van der Waals surface area contributed by atoms with E-state index in [1.165, 1.54) is 11.4 Å². The Morgan fingerprint density at radius 1 is 0.810 bits per heavy atom. The third kappa shape index (κ3) is 3.69. The van der Waals surface area contributed by atoms with Crippen LogP contribution < -0.4 is 9.13 Å². The lowest BCUT2D eigenvalue weighted by molar-refractivity contribution is 0.425. The molecule has 0 unspecified atom stereocenters. The molecule has 0 atom stereocenters. The van der Waals surface area contributed by atoms with Crippen molar-refractivity contribution in [1.82, 2.24) is 0 Å². The lowest BCUT2D eigenvalue weighted by Gasteiger charge is -2.38. The Bertz CT molecular complexity index is 473. The fourth-order valence-electron chi connectivity index (χ4n) is 2.67. The highest BCUT2D eigenvalue weighted by atomic mass is 35.7. The van der Waals surface area contributed by atoms with Crippen molar-refractivity contribution in [3.05, 3.63) is 24.3 Å². The lowest BCUT2D eigenvalue weighted by Crippen LogP contribution is -2.58. The topological polar surface area (TPSA) is 6.48 Å². The molecule has 0 amide bonds. The Kier molecular flexibility index (Phi) is 4.33. The standard InChI is InChI=1S/C16H26Cl2N2Si/c1-15(2,3)11-19-13-9-7-8-10-14(13)20(21(19,17)18)12-16(4,5)6/h7-10H,11-12H2,1-6H3. The highest BCUT2D eigenvalue weighted by Crippen LogP contribution is 2.48. The molecule has 1 aliphatic heterocycles. The number of fused-ring (bicyclic) bond motifs is 1. The predicted molar refractivity (Wildman–Crippen MR) is 97.5 cm³/mol. The number of para-hydroxylation sites is 2. The van der Waals surface area contributed by atoms with Gasteiger partial charge in [-0.1, -0.05) is 75.8 Å². The molecule has 5 heteroatoms. The molecule has 0 bridgehead atoms. The van der Waals surface area contributed by atoms with E-state index >= 15 is 0 Å². The molecule has 0 N–H and O–H groups in total. The highest BCUT2D eigenvalue weighted by molar-refractivity contribution is 7.48. The summed E-state index contributed by atoms with van der Waals surface area (Å²) in [6, 6.07) is 8.40. The molecule has 1 aliphatic rings. The van der Waals surface area contributed by atoms with Gasteiger partial charge in [-0.25, -0.2) is 0 Å². The Labute approximate surface area is 139 Å². The average molecular weight is 345 g/mol. The van der Waals surface area contributed by atoms with Gasteiger partial charge in [0, 0.05) is 13.1 Å². The van der Waals surface area contributed by atoms with Crippen LogP contribution in [0.1, 0.15) is 41.5 Å². The second-order valence-electron chi connectivity index (χ2n) is 8.29. The van der Waals surface area contributed by atoms with Crippen LogP contribution >= 0.6 is 22.2 Å². The maximum absolute atomic E-state index is 6.93. The normalized spacial score (nSPS) is 18.1. The van der Waals surface area contributed by atoms with Crippen LogP contribution in [0.4, 0.5) is 11.4 Å². The van der Waals surface area contributed by atoms with Crippen molar-refractivity contribution in [2.75, 3.05) is 22.2 Å². The zero-order chi connectivity index (χ0) is 16.1. The summed E-state index contributed by atoms with van der Waals surface area (Å²) in [7, 11) is -2.71. The maximum atomic E-state index is 6.93. The van der Waals surface area contributed by atoms with Crippen LogP contribution in [0.3, 0.4) is 0 Å². The van der Waals surface area contributed by atoms with Crippen LogP contribution in [0.15, 0.2) is 24.3 Å². The van der Waals surface area contributed by atoms with Crippen molar-refractivity contribution < 1.29 is 0 Å². The van der Waals surface area contributed by atoms with Gasteiger partial charge in [-0.05, 0) is 23.0 Å². The smallest absolute Gasteiger partial charge is 0.355 e. The largest absolute Gasteiger partial charge is 0.470 e. The minimum absolute atomic E-state index is 0.146. The molecule has 0 saturated heterocycles. The van der Waals surface area contributed by atoms with Gasteiger partial charge in [-0.15, -0.1) is 0 Å². The van der Waals surface area contributed by atoms with E-state index in [-0.39, 0.29) is 10.8 Å². The van der Waals surface area contributed by atoms with E-state index in [1.54, 1.807) is 0 Å². The van der Waals surface area contributed by atoms with Crippen molar-refractivity contribution in [2.45, 2.75) is 41.5 Å². The fourth-order valence-corrected chi connectivity index (χ4v) is 7.05. The zero-order valence-corrected chi connectivity index (χ0v) is 16.4. The quantitative estimate of drug-likeness (QED) is 0.529. The first-order valence-corrected chi connectivity index (χ1v) is 11.4. The zero-order valence-electron chi connectivity index (χ0n) is 13.9. The molecule has 118 valence electrons. The Balaban J connectivity index is 2.45.